The Bertz CT molecular complexity index is 663. The van der Waals surface area contributed by atoms with Crippen molar-refractivity contribution in [2.75, 3.05) is 33.3 Å². The van der Waals surface area contributed by atoms with Crippen molar-refractivity contribution in [2.45, 2.75) is 32.6 Å². The third kappa shape index (κ3) is 3.76. The van der Waals surface area contributed by atoms with Crippen LogP contribution in [0.25, 0.3) is 0 Å². The van der Waals surface area contributed by atoms with Crippen molar-refractivity contribution in [3.63, 3.8) is 0 Å². The summed E-state index contributed by atoms with van der Waals surface area (Å²) in [5.74, 6) is 0.938. The number of hydrogen-bond acceptors (Lipinski definition) is 3. The maximum absolute atomic E-state index is 12.9. The van der Waals surface area contributed by atoms with Gasteiger partial charge < -0.3 is 14.5 Å². The number of halogens is 1. The van der Waals surface area contributed by atoms with Crippen molar-refractivity contribution in [1.82, 2.24) is 9.80 Å². The Morgan fingerprint density at radius 1 is 1.08 bits per heavy atom. The van der Waals surface area contributed by atoms with Crippen LogP contribution in [0.4, 0.5) is 0 Å². The maximum Gasteiger partial charge on any atom is 0.257 e. The highest BCUT2D eigenvalue weighted by atomic mass is 35.5. The van der Waals surface area contributed by atoms with Crippen molar-refractivity contribution >= 4 is 23.4 Å². The van der Waals surface area contributed by atoms with Crippen LogP contribution in [0.1, 0.15) is 41.6 Å². The molecule has 136 valence electrons. The van der Waals surface area contributed by atoms with E-state index in [0.717, 1.165) is 31.2 Å². The highest BCUT2D eigenvalue weighted by molar-refractivity contribution is 6.31. The molecule has 5 nitrogen and oxygen atoms in total. The molecule has 2 amide bonds. The van der Waals surface area contributed by atoms with E-state index in [9.17, 15) is 9.59 Å². The van der Waals surface area contributed by atoms with Crippen LogP contribution in [0.2, 0.25) is 5.02 Å². The monoisotopic (exact) mass is 364 g/mol. The van der Waals surface area contributed by atoms with Crippen LogP contribution in [0.3, 0.4) is 0 Å². The summed E-state index contributed by atoms with van der Waals surface area (Å²) in [6.45, 7) is 4.17. The number of benzene rings is 1. The van der Waals surface area contributed by atoms with Gasteiger partial charge in [-0.1, -0.05) is 24.4 Å². The van der Waals surface area contributed by atoms with Crippen LogP contribution in [-0.4, -0.2) is 54.9 Å². The van der Waals surface area contributed by atoms with Crippen LogP contribution in [-0.2, 0) is 4.79 Å². The minimum atomic E-state index is -0.0876. The molecule has 0 spiro atoms. The first-order chi connectivity index (χ1) is 12.0. The first-order valence-electron chi connectivity index (χ1n) is 8.93. The van der Waals surface area contributed by atoms with Gasteiger partial charge in [0.25, 0.3) is 5.91 Å². The Labute approximate surface area is 153 Å². The first-order valence-corrected chi connectivity index (χ1v) is 9.31. The molecule has 0 atom stereocenters. The average molecular weight is 365 g/mol. The van der Waals surface area contributed by atoms with Crippen LogP contribution >= 0.6 is 11.6 Å². The summed E-state index contributed by atoms with van der Waals surface area (Å²) in [5.41, 5.74) is 1.33. The van der Waals surface area contributed by atoms with E-state index in [2.05, 4.69) is 0 Å². The van der Waals surface area contributed by atoms with Gasteiger partial charge in [0.2, 0.25) is 5.91 Å². The topological polar surface area (TPSA) is 49.9 Å². The van der Waals surface area contributed by atoms with E-state index in [-0.39, 0.29) is 17.7 Å². The third-order valence-electron chi connectivity index (χ3n) is 5.26. The molecular weight excluding hydrogens is 340 g/mol. The molecule has 3 rings (SSSR count). The van der Waals surface area contributed by atoms with E-state index in [1.54, 1.807) is 24.1 Å². The largest absolute Gasteiger partial charge is 0.496 e. The van der Waals surface area contributed by atoms with Crippen molar-refractivity contribution in [1.29, 1.82) is 0 Å². The Morgan fingerprint density at radius 2 is 1.68 bits per heavy atom. The van der Waals surface area contributed by atoms with Gasteiger partial charge >= 0.3 is 0 Å². The summed E-state index contributed by atoms with van der Waals surface area (Å²) in [5, 5.41) is 0.525. The molecule has 2 fully saturated rings. The van der Waals surface area contributed by atoms with E-state index in [4.69, 9.17) is 16.3 Å². The Balaban J connectivity index is 1.67. The minimum Gasteiger partial charge on any atom is -0.496 e. The number of piperazine rings is 1. The second kappa shape index (κ2) is 7.65. The molecule has 1 heterocycles. The molecule has 0 radical (unpaired) electrons. The molecule has 0 aromatic heterocycles. The summed E-state index contributed by atoms with van der Waals surface area (Å²) in [4.78, 5) is 29.1. The summed E-state index contributed by atoms with van der Waals surface area (Å²) in [6, 6.07) is 3.45. The van der Waals surface area contributed by atoms with Gasteiger partial charge in [-0.3, -0.25) is 9.59 Å². The molecule has 1 saturated heterocycles. The number of ether oxygens (including phenoxy) is 1. The normalized spacial score (nSPS) is 18.5. The number of carbonyl (C=O) groups is 2. The van der Waals surface area contributed by atoms with E-state index in [1.165, 1.54) is 0 Å². The molecule has 1 aliphatic carbocycles. The van der Waals surface area contributed by atoms with E-state index < -0.39 is 0 Å². The second-order valence-corrected chi connectivity index (χ2v) is 7.34. The Hall–Kier alpha value is -1.75. The van der Waals surface area contributed by atoms with E-state index in [1.807, 2.05) is 11.8 Å². The van der Waals surface area contributed by atoms with Crippen LogP contribution in [0, 0.1) is 12.8 Å². The van der Waals surface area contributed by atoms with Crippen LogP contribution in [0.5, 0.6) is 5.75 Å². The summed E-state index contributed by atoms with van der Waals surface area (Å²) < 4.78 is 5.40. The van der Waals surface area contributed by atoms with Crippen molar-refractivity contribution < 1.29 is 14.3 Å². The Morgan fingerprint density at radius 3 is 2.28 bits per heavy atom. The molecule has 1 aromatic rings. The van der Waals surface area contributed by atoms with Gasteiger partial charge in [-0.15, -0.1) is 0 Å². The molecule has 0 unspecified atom stereocenters. The lowest BCUT2D eigenvalue weighted by Gasteiger charge is -2.36. The number of methoxy groups -OCH3 is 1. The molecular formula is C19H25ClN2O3. The van der Waals surface area contributed by atoms with Crippen molar-refractivity contribution in [3.05, 3.63) is 28.3 Å². The number of hydrogen-bond donors (Lipinski definition) is 0. The minimum absolute atomic E-state index is 0.0876. The molecule has 0 bridgehead atoms. The number of aryl methyl sites for hydroxylation is 1. The first kappa shape index (κ1) is 18.1. The molecule has 1 aromatic carbocycles. The van der Waals surface area contributed by atoms with Gasteiger partial charge in [0.15, 0.2) is 0 Å². The average Bonchev–Trinajstić information content (AvgIpc) is 3.14. The smallest absolute Gasteiger partial charge is 0.257 e. The summed E-state index contributed by atoms with van der Waals surface area (Å²) in [7, 11) is 1.56. The summed E-state index contributed by atoms with van der Waals surface area (Å²) in [6.07, 6.45) is 4.33. The molecule has 6 heteroatoms. The van der Waals surface area contributed by atoms with Crippen LogP contribution < -0.4 is 4.74 Å². The van der Waals surface area contributed by atoms with Gasteiger partial charge in [0, 0.05) is 37.1 Å². The summed E-state index contributed by atoms with van der Waals surface area (Å²) >= 11 is 6.12. The van der Waals surface area contributed by atoms with E-state index in [0.29, 0.717) is 42.5 Å². The fraction of sp³-hybridized carbons (Fsp3) is 0.579. The maximum atomic E-state index is 12.9. The number of rotatable bonds is 3. The highest BCUT2D eigenvalue weighted by Crippen LogP contribution is 2.30. The van der Waals surface area contributed by atoms with Gasteiger partial charge in [-0.25, -0.2) is 0 Å². The Kier molecular flexibility index (Phi) is 5.52. The zero-order valence-corrected chi connectivity index (χ0v) is 15.6. The SMILES string of the molecule is COc1c(C)cc(Cl)cc1C(=O)N1CCN(C(=O)C2CCCC2)CC1. The van der Waals surface area contributed by atoms with Gasteiger partial charge in [0.1, 0.15) is 5.75 Å². The van der Waals surface area contributed by atoms with Crippen molar-refractivity contribution in [3.8, 4) is 5.75 Å². The third-order valence-corrected chi connectivity index (χ3v) is 5.48. The van der Waals surface area contributed by atoms with Crippen LogP contribution in [0.15, 0.2) is 12.1 Å². The fourth-order valence-electron chi connectivity index (χ4n) is 3.89. The quantitative estimate of drug-likeness (QED) is 0.827. The number of amides is 2. The zero-order chi connectivity index (χ0) is 18.0. The number of nitrogens with zero attached hydrogens (tertiary/aromatic N) is 2. The predicted molar refractivity (Wildman–Crippen MR) is 97.2 cm³/mol. The molecule has 0 N–H and O–H groups in total. The lowest BCUT2D eigenvalue weighted by atomic mass is 10.1. The molecule has 2 aliphatic rings. The number of carbonyl (C=O) groups excluding carboxylic acids is 2. The standard InChI is InChI=1S/C19H25ClN2O3/c1-13-11-15(20)12-16(17(13)25-2)19(24)22-9-7-21(8-10-22)18(23)14-5-3-4-6-14/h11-12,14H,3-10H2,1-2H3. The van der Waals surface area contributed by atoms with Gasteiger partial charge in [0.05, 0.1) is 12.7 Å². The zero-order valence-electron chi connectivity index (χ0n) is 14.9. The predicted octanol–water partition coefficient (Wildman–Crippen LogP) is 3.13. The lowest BCUT2D eigenvalue weighted by Crippen LogP contribution is -2.51. The highest BCUT2D eigenvalue weighted by Gasteiger charge is 2.31. The van der Waals surface area contributed by atoms with Gasteiger partial charge in [-0.05, 0) is 37.5 Å². The van der Waals surface area contributed by atoms with Crippen molar-refractivity contribution in [2.24, 2.45) is 5.92 Å². The molecule has 1 saturated carbocycles. The van der Waals surface area contributed by atoms with E-state index >= 15 is 0 Å². The molecule has 1 aliphatic heterocycles. The fourth-order valence-corrected chi connectivity index (χ4v) is 4.16. The lowest BCUT2D eigenvalue weighted by molar-refractivity contribution is -0.136. The second-order valence-electron chi connectivity index (χ2n) is 6.90. The molecule has 25 heavy (non-hydrogen) atoms. The van der Waals surface area contributed by atoms with Gasteiger partial charge in [-0.2, -0.15) is 0 Å².